The topological polar surface area (TPSA) is 101 Å². The summed E-state index contributed by atoms with van der Waals surface area (Å²) >= 11 is 0. The summed E-state index contributed by atoms with van der Waals surface area (Å²) < 4.78 is 8.57. The normalized spacial score (nSPS) is 7.33. The third kappa shape index (κ3) is 55.0. The number of nitrogens with two attached hydrogens (primary N) is 1. The summed E-state index contributed by atoms with van der Waals surface area (Å²) in [6.45, 7) is -0.278. The third-order valence-corrected chi connectivity index (χ3v) is 0.175. The summed E-state index contributed by atoms with van der Waals surface area (Å²) in [6.07, 6.45) is 0. The van der Waals surface area contributed by atoms with Gasteiger partial charge in [0, 0.05) is 29.6 Å². The molecule has 0 spiro atoms. The third-order valence-electron chi connectivity index (χ3n) is 0.175. The molecule has 0 aromatic rings. The van der Waals surface area contributed by atoms with Crippen molar-refractivity contribution in [3.8, 4) is 0 Å². The number of carboxylic acid groups (broad SMARTS) is 1. The van der Waals surface area contributed by atoms with Crippen LogP contribution in [0.3, 0.4) is 0 Å². The molecule has 0 aliphatic rings. The van der Waals surface area contributed by atoms with Gasteiger partial charge < -0.3 is 15.7 Å². The molecule has 1 radical (unpaired) electrons. The Hall–Kier alpha value is 0.620. The van der Waals surface area contributed by atoms with Crippen LogP contribution in [0.2, 0.25) is 0 Å². The van der Waals surface area contributed by atoms with Gasteiger partial charge in [-0.15, -0.1) is 0 Å². The number of carboxylic acids is 1. The Bertz CT molecular complexity index is 79.0. The maximum absolute atomic E-state index is 9.24. The van der Waals surface area contributed by atoms with Gasteiger partial charge in [-0.2, -0.15) is 0 Å². The van der Waals surface area contributed by atoms with Crippen molar-refractivity contribution in [2.45, 2.75) is 0 Å². The minimum Gasteiger partial charge on any atom is -0.480 e. The van der Waals surface area contributed by atoms with Gasteiger partial charge in [0.25, 0.3) is 0 Å². The van der Waals surface area contributed by atoms with E-state index in [1.165, 1.54) is 0 Å². The van der Waals surface area contributed by atoms with Crippen molar-refractivity contribution < 1.29 is 19.4 Å². The van der Waals surface area contributed by atoms with Crippen LogP contribution < -0.4 is 5.73 Å². The van der Waals surface area contributed by atoms with E-state index in [-0.39, 0.29) is 36.1 Å². The van der Waals surface area contributed by atoms with E-state index in [2.05, 4.69) is 5.73 Å². The summed E-state index contributed by atoms with van der Waals surface area (Å²) in [5.41, 5.74) is 4.57. The first-order chi connectivity index (χ1) is 3.68. The minimum atomic E-state index is -1.50. The van der Waals surface area contributed by atoms with E-state index in [4.69, 9.17) is 14.6 Å². The van der Waals surface area contributed by atoms with Crippen LogP contribution in [0.1, 0.15) is 0 Å². The average molecular weight is 164 g/mol. The van der Waals surface area contributed by atoms with Crippen molar-refractivity contribution in [1.82, 2.24) is 0 Å². The van der Waals surface area contributed by atoms with Gasteiger partial charge in [0.1, 0.15) is 0 Å². The molecule has 9 heavy (non-hydrogen) atoms. The van der Waals surface area contributed by atoms with Crippen LogP contribution in [0.15, 0.2) is 0 Å². The molecule has 0 fully saturated rings. The molecule has 1 atom stereocenters. The zero-order valence-corrected chi connectivity index (χ0v) is 8.23. The first-order valence-electron chi connectivity index (χ1n) is 1.68. The quantitative estimate of drug-likeness (QED) is 0.316. The number of rotatable bonds is 1. The van der Waals surface area contributed by atoms with Crippen molar-refractivity contribution in [1.29, 1.82) is 0 Å². The van der Waals surface area contributed by atoms with E-state index in [0.29, 0.717) is 0 Å². The number of aliphatic carboxylic acids is 1. The molecule has 7 heteroatoms. The predicted octanol–water partition coefficient (Wildman–Crippen LogP) is -1.70. The van der Waals surface area contributed by atoms with E-state index >= 15 is 0 Å². The fourth-order valence-electron chi connectivity index (χ4n) is 0. The van der Waals surface area contributed by atoms with Gasteiger partial charge in [0.2, 0.25) is 0 Å². The van der Waals surface area contributed by atoms with E-state index in [0.717, 1.165) is 0 Å². The summed E-state index contributed by atoms with van der Waals surface area (Å²) in [5, 5.41) is 7.60. The standard InChI is InChI=1S/C2H5NO2.Na.H3O2P/c3-1-2(4)5;;1-3-2/h1,3H2,(H,4,5);;3H2,(H,1,2). The fraction of sp³-hybridized carbons (Fsp3) is 0.500. The van der Waals surface area contributed by atoms with Gasteiger partial charge in [-0.25, -0.2) is 0 Å². The van der Waals surface area contributed by atoms with Crippen LogP contribution in [0.4, 0.5) is 0 Å². The summed E-state index contributed by atoms with van der Waals surface area (Å²) in [6, 6.07) is 0. The second-order valence-electron chi connectivity index (χ2n) is 0.703. The molecule has 0 rings (SSSR count). The largest absolute Gasteiger partial charge is 0.480 e. The van der Waals surface area contributed by atoms with E-state index in [1.54, 1.807) is 0 Å². The number of hydrogen-bond acceptors (Lipinski definition) is 3. The molecule has 0 aliphatic carbocycles. The first kappa shape index (κ1) is 16.3. The first-order valence-corrected chi connectivity index (χ1v) is 2.67. The van der Waals surface area contributed by atoms with Crippen LogP contribution in [-0.4, -0.2) is 52.1 Å². The average Bonchev–Trinajstić information content (AvgIpc) is 1.69. The van der Waals surface area contributed by atoms with Crippen LogP contribution in [-0.2, 0) is 9.36 Å². The van der Waals surface area contributed by atoms with Crippen molar-refractivity contribution in [3.05, 3.63) is 0 Å². The van der Waals surface area contributed by atoms with Crippen molar-refractivity contribution in [2.75, 3.05) is 6.54 Å². The Balaban J connectivity index is -0.0000000800. The van der Waals surface area contributed by atoms with Crippen molar-refractivity contribution in [2.24, 2.45) is 5.73 Å². The summed E-state index contributed by atoms with van der Waals surface area (Å²) in [4.78, 5) is 16.3. The second kappa shape index (κ2) is 15.8. The molecule has 0 bridgehead atoms. The van der Waals surface area contributed by atoms with Gasteiger partial charge in [-0.05, 0) is 0 Å². The molecule has 0 aliphatic heterocycles. The van der Waals surface area contributed by atoms with E-state index in [1.807, 2.05) is 0 Å². The van der Waals surface area contributed by atoms with Gasteiger partial charge in [-0.3, -0.25) is 9.36 Å². The molecule has 0 amide bonds. The smallest absolute Gasteiger partial charge is 0.317 e. The molecule has 0 heterocycles. The maximum atomic E-state index is 9.24. The minimum absolute atomic E-state index is 0. The zero-order valence-electron chi connectivity index (χ0n) is 5.07. The van der Waals surface area contributed by atoms with Crippen LogP contribution in [0.25, 0.3) is 0 Å². The Labute approximate surface area is 75.8 Å². The van der Waals surface area contributed by atoms with Gasteiger partial charge in [0.05, 0.1) is 6.54 Å². The maximum Gasteiger partial charge on any atom is 0.317 e. The van der Waals surface area contributed by atoms with Gasteiger partial charge in [0.15, 0.2) is 8.69 Å². The van der Waals surface area contributed by atoms with E-state index in [9.17, 15) is 4.79 Å². The van der Waals surface area contributed by atoms with Gasteiger partial charge in [-0.1, -0.05) is 0 Å². The zero-order chi connectivity index (χ0) is 6.99. The number of hydrogen-bond donors (Lipinski definition) is 3. The monoisotopic (exact) mass is 164 g/mol. The number of carbonyl (C=O) groups is 1. The molecule has 5 nitrogen and oxygen atoms in total. The molecule has 0 aromatic carbocycles. The fourth-order valence-corrected chi connectivity index (χ4v) is 0. The summed E-state index contributed by atoms with van der Waals surface area (Å²) in [5.74, 6) is -0.968. The SMILES string of the molecule is NCC(=O)O.O=[PH2]O.[Na]. The second-order valence-corrected chi connectivity index (χ2v) is 0.914. The summed E-state index contributed by atoms with van der Waals surface area (Å²) in [7, 11) is -1.50. The predicted molar refractivity (Wildman–Crippen MR) is 35.1 cm³/mol. The van der Waals surface area contributed by atoms with Crippen LogP contribution in [0, 0.1) is 0 Å². The molecular weight excluding hydrogens is 156 g/mol. The molecule has 0 saturated carbocycles. The van der Waals surface area contributed by atoms with E-state index < -0.39 is 14.7 Å². The Morgan fingerprint density at radius 3 is 1.78 bits per heavy atom. The Morgan fingerprint density at radius 2 is 1.78 bits per heavy atom. The Morgan fingerprint density at radius 1 is 1.67 bits per heavy atom. The molecule has 51 valence electrons. The van der Waals surface area contributed by atoms with Crippen LogP contribution >= 0.6 is 8.69 Å². The molecule has 0 saturated heterocycles. The van der Waals surface area contributed by atoms with Crippen molar-refractivity contribution in [3.63, 3.8) is 0 Å². The molecule has 4 N–H and O–H groups in total. The molecular formula is C2H8NNaO4P. The van der Waals surface area contributed by atoms with Crippen molar-refractivity contribution >= 4 is 44.2 Å². The molecule has 1 unspecified atom stereocenters. The van der Waals surface area contributed by atoms with Crippen LogP contribution in [0.5, 0.6) is 0 Å². The molecule has 0 aromatic heterocycles. The Kier molecular flexibility index (Phi) is 28.7. The van der Waals surface area contributed by atoms with Gasteiger partial charge >= 0.3 is 5.97 Å².